The van der Waals surface area contributed by atoms with E-state index in [1.807, 2.05) is 65.8 Å². The predicted molar refractivity (Wildman–Crippen MR) is 155 cm³/mol. The second kappa shape index (κ2) is 14.0. The van der Waals surface area contributed by atoms with Crippen molar-refractivity contribution in [2.24, 2.45) is 11.8 Å². The first-order valence-electron chi connectivity index (χ1n) is 14.1. The minimum absolute atomic E-state index is 0.219. The Morgan fingerprint density at radius 1 is 0.895 bits per heavy atom. The van der Waals surface area contributed by atoms with Crippen molar-refractivity contribution in [2.75, 3.05) is 0 Å². The Labute approximate surface area is 231 Å². The molecule has 0 spiro atoms. The maximum atomic E-state index is 14.4. The first-order chi connectivity index (χ1) is 17.4. The largest absolute Gasteiger partial charge is 0.444 e. The number of nitrogens with zero attached hydrogens (tertiary/aromatic N) is 1. The molecule has 7 nitrogen and oxygen atoms in total. The molecule has 38 heavy (non-hydrogen) atoms. The highest BCUT2D eigenvalue weighted by molar-refractivity contribution is 5.92. The number of aryl methyl sites for hydroxylation is 1. The summed E-state index contributed by atoms with van der Waals surface area (Å²) in [4.78, 5) is 42.7. The van der Waals surface area contributed by atoms with Gasteiger partial charge in [-0.3, -0.25) is 9.59 Å². The molecule has 0 aliphatic carbocycles. The monoisotopic (exact) mass is 531 g/mol. The molecule has 216 valence electrons. The van der Waals surface area contributed by atoms with E-state index in [2.05, 4.69) is 31.4 Å². The van der Waals surface area contributed by atoms with Crippen LogP contribution in [0.25, 0.3) is 0 Å². The van der Waals surface area contributed by atoms with Crippen molar-refractivity contribution in [1.82, 2.24) is 15.5 Å². The van der Waals surface area contributed by atoms with E-state index in [-0.39, 0.29) is 23.8 Å². The smallest absolute Gasteiger partial charge is 0.408 e. The van der Waals surface area contributed by atoms with Crippen molar-refractivity contribution in [2.45, 2.75) is 132 Å². The number of rotatable bonds is 11. The number of hydrogen-bond acceptors (Lipinski definition) is 4. The van der Waals surface area contributed by atoms with Gasteiger partial charge in [0, 0.05) is 11.6 Å². The van der Waals surface area contributed by atoms with E-state index in [0.717, 1.165) is 30.4 Å². The van der Waals surface area contributed by atoms with E-state index in [1.54, 1.807) is 25.7 Å². The zero-order chi connectivity index (χ0) is 29.4. The van der Waals surface area contributed by atoms with Crippen molar-refractivity contribution >= 4 is 17.9 Å². The summed E-state index contributed by atoms with van der Waals surface area (Å²) >= 11 is 0. The molecule has 0 aliphatic heterocycles. The van der Waals surface area contributed by atoms with Crippen LogP contribution >= 0.6 is 0 Å². The minimum atomic E-state index is -0.855. The van der Waals surface area contributed by atoms with Gasteiger partial charge in [0.1, 0.15) is 17.7 Å². The van der Waals surface area contributed by atoms with Crippen molar-refractivity contribution in [3.05, 3.63) is 35.4 Å². The lowest BCUT2D eigenvalue weighted by Crippen LogP contribution is -2.58. The van der Waals surface area contributed by atoms with Gasteiger partial charge in [-0.05, 0) is 90.7 Å². The number of nitrogens with one attached hydrogen (secondary N) is 2. The molecule has 0 radical (unpaired) electrons. The Kier molecular flexibility index (Phi) is 12.3. The van der Waals surface area contributed by atoms with Crippen LogP contribution in [0.1, 0.15) is 113 Å². The molecule has 2 N–H and O–H groups in total. The van der Waals surface area contributed by atoms with Gasteiger partial charge in [0.25, 0.3) is 0 Å². The summed E-state index contributed by atoms with van der Waals surface area (Å²) in [5.74, 6) is -0.313. The molecule has 0 saturated heterocycles. The Morgan fingerprint density at radius 3 is 1.87 bits per heavy atom. The van der Waals surface area contributed by atoms with Crippen LogP contribution in [0, 0.1) is 11.8 Å². The van der Waals surface area contributed by atoms with Crippen LogP contribution in [0.15, 0.2) is 24.3 Å². The molecule has 3 atom stereocenters. The summed E-state index contributed by atoms with van der Waals surface area (Å²) in [6, 6.07) is 5.94. The highest BCUT2D eigenvalue weighted by atomic mass is 16.6. The van der Waals surface area contributed by atoms with Crippen molar-refractivity contribution in [1.29, 1.82) is 0 Å². The van der Waals surface area contributed by atoms with Gasteiger partial charge in [-0.15, -0.1) is 0 Å². The van der Waals surface area contributed by atoms with Crippen LogP contribution in [-0.4, -0.2) is 46.0 Å². The van der Waals surface area contributed by atoms with Gasteiger partial charge in [-0.1, -0.05) is 58.9 Å². The van der Waals surface area contributed by atoms with E-state index in [9.17, 15) is 14.4 Å². The molecule has 0 fully saturated rings. The number of amides is 3. The molecule has 0 bridgehead atoms. The van der Waals surface area contributed by atoms with Gasteiger partial charge in [0.2, 0.25) is 11.8 Å². The van der Waals surface area contributed by atoms with E-state index < -0.39 is 29.3 Å². The third-order valence-corrected chi connectivity index (χ3v) is 6.22. The van der Waals surface area contributed by atoms with E-state index in [0.29, 0.717) is 5.92 Å². The molecule has 0 aliphatic rings. The lowest BCUT2D eigenvalue weighted by molar-refractivity contribution is -0.146. The molecule has 1 aromatic rings. The summed E-state index contributed by atoms with van der Waals surface area (Å²) < 4.78 is 5.47. The summed E-state index contributed by atoms with van der Waals surface area (Å²) in [5, 5.41) is 5.90. The van der Waals surface area contributed by atoms with E-state index in [4.69, 9.17) is 4.74 Å². The van der Waals surface area contributed by atoms with Crippen LogP contribution in [0.4, 0.5) is 4.79 Å². The first kappa shape index (κ1) is 33.5. The zero-order valence-electron chi connectivity index (χ0n) is 25.9. The molecule has 7 heteroatoms. The standard InChI is InChI=1S/C31H53N3O4/c1-13-23-16-18-24(19-17-23)26(27(35)33-30(7,8)9)34(22(6)15-14-20(2)3)28(36)25(21(4)5)32-29(37)38-31(10,11)12/h16-22,25-26H,13-15H2,1-12H3,(H,32,37)(H,33,35). The predicted octanol–water partition coefficient (Wildman–Crippen LogP) is 6.41. The Balaban J connectivity index is 3.64. The molecule has 0 aromatic heterocycles. The van der Waals surface area contributed by atoms with Gasteiger partial charge < -0.3 is 20.3 Å². The number of carbonyl (C=O) groups is 3. The lowest BCUT2D eigenvalue weighted by atomic mass is 9.94. The number of hydrogen-bond donors (Lipinski definition) is 2. The van der Waals surface area contributed by atoms with Gasteiger partial charge in [-0.25, -0.2) is 4.79 Å². The minimum Gasteiger partial charge on any atom is -0.444 e. The molecule has 3 amide bonds. The molecule has 3 unspecified atom stereocenters. The molecule has 0 heterocycles. The average molecular weight is 532 g/mol. The summed E-state index contributed by atoms with van der Waals surface area (Å²) in [6.07, 6.45) is 1.86. The first-order valence-corrected chi connectivity index (χ1v) is 14.1. The second-order valence-corrected chi connectivity index (χ2v) is 13.2. The van der Waals surface area contributed by atoms with Gasteiger partial charge in [-0.2, -0.15) is 0 Å². The van der Waals surface area contributed by atoms with Gasteiger partial charge in [0.15, 0.2) is 0 Å². The number of benzene rings is 1. The molecular weight excluding hydrogens is 478 g/mol. The maximum absolute atomic E-state index is 14.4. The quantitative estimate of drug-likeness (QED) is 0.345. The van der Waals surface area contributed by atoms with E-state index >= 15 is 0 Å². The van der Waals surface area contributed by atoms with Crippen LogP contribution in [0.5, 0.6) is 0 Å². The van der Waals surface area contributed by atoms with Crippen molar-refractivity contribution < 1.29 is 19.1 Å². The van der Waals surface area contributed by atoms with E-state index in [1.165, 1.54) is 0 Å². The second-order valence-electron chi connectivity index (χ2n) is 13.2. The average Bonchev–Trinajstić information content (AvgIpc) is 2.76. The highest BCUT2D eigenvalue weighted by Crippen LogP contribution is 2.29. The molecular formula is C31H53N3O4. The van der Waals surface area contributed by atoms with Crippen LogP contribution in [-0.2, 0) is 20.7 Å². The van der Waals surface area contributed by atoms with Crippen LogP contribution in [0.2, 0.25) is 0 Å². The van der Waals surface area contributed by atoms with Crippen molar-refractivity contribution in [3.8, 4) is 0 Å². The maximum Gasteiger partial charge on any atom is 0.408 e. The topological polar surface area (TPSA) is 87.7 Å². The molecule has 1 rings (SSSR count). The molecule has 0 saturated carbocycles. The van der Waals surface area contributed by atoms with Crippen molar-refractivity contribution in [3.63, 3.8) is 0 Å². The summed E-state index contributed by atoms with van der Waals surface area (Å²) in [7, 11) is 0. The fourth-order valence-electron chi connectivity index (χ4n) is 4.23. The third kappa shape index (κ3) is 11.0. The number of carbonyl (C=O) groups excluding carboxylic acids is 3. The normalized spacial score (nSPS) is 14.6. The molecule has 1 aromatic carbocycles. The third-order valence-electron chi connectivity index (χ3n) is 6.22. The Morgan fingerprint density at radius 2 is 1.45 bits per heavy atom. The highest BCUT2D eigenvalue weighted by Gasteiger charge is 2.40. The summed E-state index contributed by atoms with van der Waals surface area (Å²) in [5.41, 5.74) is 0.713. The fraction of sp³-hybridized carbons (Fsp3) is 0.710. The Hall–Kier alpha value is -2.57. The fourth-order valence-corrected chi connectivity index (χ4v) is 4.23. The van der Waals surface area contributed by atoms with Gasteiger partial charge in [0.05, 0.1) is 0 Å². The lowest BCUT2D eigenvalue weighted by Gasteiger charge is -2.40. The zero-order valence-corrected chi connectivity index (χ0v) is 25.9. The van der Waals surface area contributed by atoms with Crippen LogP contribution < -0.4 is 10.6 Å². The van der Waals surface area contributed by atoms with Crippen LogP contribution in [0.3, 0.4) is 0 Å². The Bertz CT molecular complexity index is 911. The SMILES string of the molecule is CCc1ccc(C(C(=O)NC(C)(C)C)N(C(=O)C(NC(=O)OC(C)(C)C)C(C)C)C(C)CCC(C)C)cc1. The summed E-state index contributed by atoms with van der Waals surface area (Å²) in [6.45, 7) is 23.3. The number of ether oxygens (including phenoxy) is 1. The number of alkyl carbamates (subject to hydrolysis) is 1. The van der Waals surface area contributed by atoms with Gasteiger partial charge >= 0.3 is 6.09 Å².